The number of fused-ring (bicyclic) bond motifs is 1. The third kappa shape index (κ3) is 2.74. The summed E-state index contributed by atoms with van der Waals surface area (Å²) in [4.78, 5) is 9.88. The summed E-state index contributed by atoms with van der Waals surface area (Å²) in [5.74, 6) is -0.283. The third-order valence-electron chi connectivity index (χ3n) is 3.73. The van der Waals surface area contributed by atoms with Crippen molar-refractivity contribution in [3.63, 3.8) is 0 Å². The first-order valence-electron chi connectivity index (χ1n) is 6.96. The van der Waals surface area contributed by atoms with Crippen LogP contribution in [0.3, 0.4) is 0 Å². The molecule has 0 bridgehead atoms. The molecule has 0 saturated carbocycles. The highest BCUT2D eigenvalue weighted by Crippen LogP contribution is 2.35. The van der Waals surface area contributed by atoms with Gasteiger partial charge in [0.15, 0.2) is 0 Å². The number of nitrogens with zero attached hydrogens (tertiary/aromatic N) is 2. The zero-order chi connectivity index (χ0) is 14.1. The van der Waals surface area contributed by atoms with E-state index in [1.54, 1.807) is 23.6 Å². The monoisotopic (exact) mass is 291 g/mol. The van der Waals surface area contributed by atoms with Gasteiger partial charge < -0.3 is 5.32 Å². The molecule has 2 heterocycles. The molecule has 1 aliphatic carbocycles. The summed E-state index contributed by atoms with van der Waals surface area (Å²) >= 11 is 1.78. The third-order valence-corrected chi connectivity index (χ3v) is 4.86. The molecule has 1 aliphatic rings. The molecule has 0 unspecified atom stereocenters. The van der Waals surface area contributed by atoms with E-state index in [4.69, 9.17) is 0 Å². The van der Waals surface area contributed by atoms with Crippen molar-refractivity contribution in [2.45, 2.75) is 45.2 Å². The molecule has 2 aromatic rings. The van der Waals surface area contributed by atoms with Crippen molar-refractivity contribution in [2.24, 2.45) is 0 Å². The number of thiazole rings is 1. The van der Waals surface area contributed by atoms with Crippen molar-refractivity contribution in [3.05, 3.63) is 45.4 Å². The number of pyridine rings is 1. The van der Waals surface area contributed by atoms with Crippen LogP contribution in [0.25, 0.3) is 0 Å². The Kier molecular flexibility index (Phi) is 3.81. The van der Waals surface area contributed by atoms with Gasteiger partial charge in [-0.3, -0.25) is 4.98 Å². The zero-order valence-electron chi connectivity index (χ0n) is 11.7. The molecule has 0 amide bonds. The Morgan fingerprint density at radius 1 is 1.45 bits per heavy atom. The Hall–Kier alpha value is -1.33. The fraction of sp³-hybridized carbons (Fsp3) is 0.467. The van der Waals surface area contributed by atoms with Crippen LogP contribution in [-0.4, -0.2) is 9.97 Å². The molecule has 3 rings (SSSR count). The van der Waals surface area contributed by atoms with Gasteiger partial charge in [-0.15, -0.1) is 11.3 Å². The standard InChI is InChI=1S/C15H18FN3S/c1-9(11-6-12(16)8-17-7-11)18-13-4-3-5-14-15(13)20-10(2)19-14/h6-9,13,18H,3-5H2,1-2H3/t9-,13-/m1/s1. The summed E-state index contributed by atoms with van der Waals surface area (Å²) < 4.78 is 13.3. The van der Waals surface area contributed by atoms with Crippen LogP contribution in [0.1, 0.15) is 53.0 Å². The molecule has 2 aromatic heterocycles. The van der Waals surface area contributed by atoms with Crippen LogP contribution in [-0.2, 0) is 6.42 Å². The Bertz CT molecular complexity index is 611. The Morgan fingerprint density at radius 2 is 2.30 bits per heavy atom. The number of hydrogen-bond donors (Lipinski definition) is 1. The lowest BCUT2D eigenvalue weighted by Crippen LogP contribution is -2.27. The molecular formula is C15H18FN3S. The van der Waals surface area contributed by atoms with Crippen molar-refractivity contribution in [1.82, 2.24) is 15.3 Å². The van der Waals surface area contributed by atoms with Gasteiger partial charge in [0.05, 0.1) is 16.9 Å². The van der Waals surface area contributed by atoms with E-state index in [-0.39, 0.29) is 11.9 Å². The van der Waals surface area contributed by atoms with Gasteiger partial charge in [-0.1, -0.05) is 0 Å². The normalized spacial score (nSPS) is 19.6. The average Bonchev–Trinajstić information content (AvgIpc) is 2.80. The molecule has 0 aliphatic heterocycles. The van der Waals surface area contributed by atoms with E-state index in [0.717, 1.165) is 29.8 Å². The van der Waals surface area contributed by atoms with Gasteiger partial charge in [-0.25, -0.2) is 9.37 Å². The molecule has 0 aromatic carbocycles. The van der Waals surface area contributed by atoms with Gasteiger partial charge in [0.1, 0.15) is 5.82 Å². The number of aryl methyl sites for hydroxylation is 2. The van der Waals surface area contributed by atoms with Crippen LogP contribution < -0.4 is 5.32 Å². The Labute approximate surface area is 122 Å². The summed E-state index contributed by atoms with van der Waals surface area (Å²) in [5, 5.41) is 4.72. The Balaban J connectivity index is 1.78. The SMILES string of the molecule is Cc1nc2c(s1)[C@H](N[C@H](C)c1cncc(F)c1)CCC2. The van der Waals surface area contributed by atoms with Crippen LogP contribution in [0.4, 0.5) is 4.39 Å². The molecule has 1 N–H and O–H groups in total. The van der Waals surface area contributed by atoms with E-state index in [9.17, 15) is 4.39 Å². The quantitative estimate of drug-likeness (QED) is 0.936. The predicted molar refractivity (Wildman–Crippen MR) is 78.3 cm³/mol. The number of nitrogens with one attached hydrogen (secondary N) is 1. The molecule has 3 nitrogen and oxygen atoms in total. The molecule has 5 heteroatoms. The summed E-state index contributed by atoms with van der Waals surface area (Å²) in [7, 11) is 0. The second-order valence-electron chi connectivity index (χ2n) is 5.31. The fourth-order valence-electron chi connectivity index (χ4n) is 2.76. The highest BCUT2D eigenvalue weighted by atomic mass is 32.1. The number of hydrogen-bond acceptors (Lipinski definition) is 4. The summed E-state index contributed by atoms with van der Waals surface area (Å²) in [6.07, 6.45) is 6.31. The summed E-state index contributed by atoms with van der Waals surface area (Å²) in [5.41, 5.74) is 2.12. The topological polar surface area (TPSA) is 37.8 Å². The minimum absolute atomic E-state index is 0.0801. The lowest BCUT2D eigenvalue weighted by atomic mass is 9.96. The van der Waals surface area contributed by atoms with Gasteiger partial charge in [-0.05, 0) is 44.7 Å². The molecular weight excluding hydrogens is 273 g/mol. The van der Waals surface area contributed by atoms with Crippen LogP contribution in [0.15, 0.2) is 18.5 Å². The van der Waals surface area contributed by atoms with E-state index >= 15 is 0 Å². The van der Waals surface area contributed by atoms with E-state index in [2.05, 4.69) is 29.1 Å². The maximum absolute atomic E-state index is 13.3. The predicted octanol–water partition coefficient (Wildman–Crippen LogP) is 3.71. The van der Waals surface area contributed by atoms with Crippen molar-refractivity contribution in [3.8, 4) is 0 Å². The molecule has 2 atom stereocenters. The number of aromatic nitrogens is 2. The number of rotatable bonds is 3. The van der Waals surface area contributed by atoms with Crippen molar-refractivity contribution in [2.75, 3.05) is 0 Å². The highest BCUT2D eigenvalue weighted by Gasteiger charge is 2.25. The van der Waals surface area contributed by atoms with Crippen molar-refractivity contribution >= 4 is 11.3 Å². The van der Waals surface area contributed by atoms with Gasteiger partial charge in [0.2, 0.25) is 0 Å². The lowest BCUT2D eigenvalue weighted by molar-refractivity contribution is 0.417. The maximum Gasteiger partial charge on any atom is 0.141 e. The maximum atomic E-state index is 13.3. The first-order valence-corrected chi connectivity index (χ1v) is 7.78. The van der Waals surface area contributed by atoms with Gasteiger partial charge in [-0.2, -0.15) is 0 Å². The second-order valence-corrected chi connectivity index (χ2v) is 6.55. The summed E-state index contributed by atoms with van der Waals surface area (Å²) in [6, 6.07) is 1.95. The van der Waals surface area contributed by atoms with E-state index in [0.29, 0.717) is 6.04 Å². The zero-order valence-corrected chi connectivity index (χ0v) is 12.5. The van der Waals surface area contributed by atoms with Crippen LogP contribution in [0, 0.1) is 12.7 Å². The van der Waals surface area contributed by atoms with E-state index < -0.39 is 0 Å². The fourth-order valence-corrected chi connectivity index (χ4v) is 3.83. The summed E-state index contributed by atoms with van der Waals surface area (Å²) in [6.45, 7) is 4.11. The first kappa shape index (κ1) is 13.6. The van der Waals surface area contributed by atoms with Gasteiger partial charge >= 0.3 is 0 Å². The Morgan fingerprint density at radius 3 is 3.10 bits per heavy atom. The van der Waals surface area contributed by atoms with Gasteiger partial charge in [0.25, 0.3) is 0 Å². The first-order chi connectivity index (χ1) is 9.63. The van der Waals surface area contributed by atoms with Gasteiger partial charge in [0, 0.05) is 23.2 Å². The minimum atomic E-state index is -0.283. The van der Waals surface area contributed by atoms with Crippen LogP contribution in [0.5, 0.6) is 0 Å². The van der Waals surface area contributed by atoms with Crippen molar-refractivity contribution < 1.29 is 4.39 Å². The molecule has 0 fully saturated rings. The molecule has 0 saturated heterocycles. The number of halogens is 1. The minimum Gasteiger partial charge on any atom is -0.302 e. The van der Waals surface area contributed by atoms with Crippen LogP contribution in [0.2, 0.25) is 0 Å². The molecule has 106 valence electrons. The molecule has 20 heavy (non-hydrogen) atoms. The van der Waals surface area contributed by atoms with E-state index in [1.165, 1.54) is 16.8 Å². The molecule has 0 radical (unpaired) electrons. The average molecular weight is 291 g/mol. The molecule has 0 spiro atoms. The lowest BCUT2D eigenvalue weighted by Gasteiger charge is -2.26. The highest BCUT2D eigenvalue weighted by molar-refractivity contribution is 7.11. The van der Waals surface area contributed by atoms with Crippen molar-refractivity contribution in [1.29, 1.82) is 0 Å². The second kappa shape index (κ2) is 5.58. The van der Waals surface area contributed by atoms with Crippen LogP contribution >= 0.6 is 11.3 Å². The van der Waals surface area contributed by atoms with E-state index in [1.807, 2.05) is 0 Å². The smallest absolute Gasteiger partial charge is 0.141 e. The largest absolute Gasteiger partial charge is 0.302 e.